The number of rotatable bonds is 5. The molecule has 0 aliphatic carbocycles. The molecular weight excluding hydrogens is 306 g/mol. The van der Waals surface area contributed by atoms with Gasteiger partial charge in [-0.05, 0) is 29.9 Å². The molecule has 0 spiro atoms. The highest BCUT2D eigenvalue weighted by atomic mass is 32.2. The number of amides is 3. The molecule has 0 saturated carbocycles. The SMILES string of the molecule is NC(=O)NCc1ccc(C(=O)N[C@@]2(C(=O)O)CCSC2)cc1. The number of urea groups is 1. The maximum atomic E-state index is 12.2. The Bertz CT molecular complexity index is 582. The molecule has 3 amide bonds. The molecule has 1 aliphatic heterocycles. The van der Waals surface area contributed by atoms with Gasteiger partial charge >= 0.3 is 12.0 Å². The van der Waals surface area contributed by atoms with Gasteiger partial charge in [-0.1, -0.05) is 12.1 Å². The molecule has 1 aliphatic rings. The van der Waals surface area contributed by atoms with E-state index in [-0.39, 0.29) is 6.54 Å². The highest BCUT2D eigenvalue weighted by Gasteiger charge is 2.43. The number of carboxylic acid groups (broad SMARTS) is 1. The Kier molecular flexibility index (Phi) is 4.92. The van der Waals surface area contributed by atoms with Crippen LogP contribution in [0.3, 0.4) is 0 Å². The number of carbonyl (C=O) groups is 3. The van der Waals surface area contributed by atoms with Crippen molar-refractivity contribution in [3.8, 4) is 0 Å². The highest BCUT2D eigenvalue weighted by molar-refractivity contribution is 7.99. The molecule has 1 aromatic carbocycles. The van der Waals surface area contributed by atoms with Gasteiger partial charge in [0.25, 0.3) is 5.91 Å². The van der Waals surface area contributed by atoms with E-state index in [9.17, 15) is 19.5 Å². The normalized spacial score (nSPS) is 20.4. The largest absolute Gasteiger partial charge is 0.479 e. The van der Waals surface area contributed by atoms with Gasteiger partial charge in [0, 0.05) is 17.9 Å². The molecule has 1 aromatic rings. The fourth-order valence-corrected chi connectivity index (χ4v) is 3.46. The Hall–Kier alpha value is -2.22. The minimum Gasteiger partial charge on any atom is -0.479 e. The number of carboxylic acids is 1. The second kappa shape index (κ2) is 6.69. The summed E-state index contributed by atoms with van der Waals surface area (Å²) in [4.78, 5) is 34.3. The van der Waals surface area contributed by atoms with Crippen LogP contribution in [-0.2, 0) is 11.3 Å². The zero-order chi connectivity index (χ0) is 16.2. The molecule has 1 heterocycles. The molecular formula is C14H17N3O4S. The Morgan fingerprint density at radius 2 is 1.95 bits per heavy atom. The van der Waals surface area contributed by atoms with Crippen molar-refractivity contribution in [2.24, 2.45) is 5.73 Å². The molecule has 8 heteroatoms. The number of thioether (sulfide) groups is 1. The summed E-state index contributed by atoms with van der Waals surface area (Å²) in [6.07, 6.45) is 0.416. The van der Waals surface area contributed by atoms with Crippen LogP contribution in [0.15, 0.2) is 24.3 Å². The molecule has 0 radical (unpaired) electrons. The summed E-state index contributed by atoms with van der Waals surface area (Å²) in [5.41, 5.74) is 4.96. The van der Waals surface area contributed by atoms with Gasteiger partial charge in [-0.3, -0.25) is 4.79 Å². The fourth-order valence-electron chi connectivity index (χ4n) is 2.14. The predicted molar refractivity (Wildman–Crippen MR) is 82.6 cm³/mol. The van der Waals surface area contributed by atoms with Crippen LogP contribution in [0.2, 0.25) is 0 Å². The number of nitrogens with one attached hydrogen (secondary N) is 2. The van der Waals surface area contributed by atoms with Crippen molar-refractivity contribution in [2.45, 2.75) is 18.5 Å². The number of aliphatic carboxylic acids is 1. The minimum absolute atomic E-state index is 0.271. The van der Waals surface area contributed by atoms with E-state index in [4.69, 9.17) is 5.73 Å². The lowest BCUT2D eigenvalue weighted by Crippen LogP contribution is -2.54. The number of benzene rings is 1. The van der Waals surface area contributed by atoms with Crippen molar-refractivity contribution in [1.82, 2.24) is 10.6 Å². The van der Waals surface area contributed by atoms with Gasteiger partial charge in [0.1, 0.15) is 5.54 Å². The first kappa shape index (κ1) is 16.2. The van der Waals surface area contributed by atoms with Crippen molar-refractivity contribution < 1.29 is 19.5 Å². The van der Waals surface area contributed by atoms with E-state index in [1.165, 1.54) is 11.8 Å². The van der Waals surface area contributed by atoms with E-state index in [0.29, 0.717) is 23.5 Å². The van der Waals surface area contributed by atoms with Crippen LogP contribution in [-0.4, -0.2) is 40.1 Å². The number of nitrogens with two attached hydrogens (primary N) is 1. The maximum Gasteiger partial charge on any atom is 0.330 e. The Morgan fingerprint density at radius 3 is 2.45 bits per heavy atom. The van der Waals surface area contributed by atoms with Crippen LogP contribution in [0, 0.1) is 0 Å². The lowest BCUT2D eigenvalue weighted by atomic mass is 9.98. The molecule has 5 N–H and O–H groups in total. The lowest BCUT2D eigenvalue weighted by molar-refractivity contribution is -0.143. The number of primary amides is 1. The average Bonchev–Trinajstić information content (AvgIpc) is 2.95. The van der Waals surface area contributed by atoms with E-state index in [2.05, 4.69) is 10.6 Å². The molecule has 1 fully saturated rings. The highest BCUT2D eigenvalue weighted by Crippen LogP contribution is 2.28. The monoisotopic (exact) mass is 323 g/mol. The van der Waals surface area contributed by atoms with Crippen LogP contribution in [0.5, 0.6) is 0 Å². The van der Waals surface area contributed by atoms with Crippen molar-refractivity contribution in [3.63, 3.8) is 0 Å². The topological polar surface area (TPSA) is 122 Å². The molecule has 1 saturated heterocycles. The van der Waals surface area contributed by atoms with Gasteiger partial charge in [-0.2, -0.15) is 11.8 Å². The first-order chi connectivity index (χ1) is 10.4. The van der Waals surface area contributed by atoms with Crippen molar-refractivity contribution in [2.75, 3.05) is 11.5 Å². The third-order valence-corrected chi connectivity index (χ3v) is 4.66. The minimum atomic E-state index is -1.19. The summed E-state index contributed by atoms with van der Waals surface area (Å²) >= 11 is 1.51. The summed E-state index contributed by atoms with van der Waals surface area (Å²) in [5, 5.41) is 14.4. The Morgan fingerprint density at radius 1 is 1.27 bits per heavy atom. The van der Waals surface area contributed by atoms with Crippen LogP contribution >= 0.6 is 11.8 Å². The van der Waals surface area contributed by atoms with Gasteiger partial charge in [0.2, 0.25) is 0 Å². The lowest BCUT2D eigenvalue weighted by Gasteiger charge is -2.24. The maximum absolute atomic E-state index is 12.2. The third kappa shape index (κ3) is 3.70. The molecule has 22 heavy (non-hydrogen) atoms. The van der Waals surface area contributed by atoms with Crippen LogP contribution in [0.25, 0.3) is 0 Å². The average molecular weight is 323 g/mol. The molecule has 0 bridgehead atoms. The van der Waals surface area contributed by atoms with Gasteiger partial charge in [0.05, 0.1) is 0 Å². The van der Waals surface area contributed by atoms with Crippen LogP contribution in [0.1, 0.15) is 22.3 Å². The molecule has 7 nitrogen and oxygen atoms in total. The van der Waals surface area contributed by atoms with Gasteiger partial charge in [0.15, 0.2) is 0 Å². The van der Waals surface area contributed by atoms with E-state index in [1.807, 2.05) is 0 Å². The summed E-state index contributed by atoms with van der Waals surface area (Å²) < 4.78 is 0. The second-order valence-corrected chi connectivity index (χ2v) is 6.16. The molecule has 2 rings (SSSR count). The van der Waals surface area contributed by atoms with Crippen molar-refractivity contribution in [1.29, 1.82) is 0 Å². The van der Waals surface area contributed by atoms with Crippen LogP contribution < -0.4 is 16.4 Å². The molecule has 118 valence electrons. The smallest absolute Gasteiger partial charge is 0.330 e. The van der Waals surface area contributed by atoms with Gasteiger partial charge < -0.3 is 21.5 Å². The number of carbonyl (C=O) groups excluding carboxylic acids is 2. The quantitative estimate of drug-likeness (QED) is 0.630. The van der Waals surface area contributed by atoms with E-state index in [1.54, 1.807) is 24.3 Å². The first-order valence-corrected chi connectivity index (χ1v) is 7.84. The Balaban J connectivity index is 2.03. The summed E-state index contributed by atoms with van der Waals surface area (Å²) in [6.45, 7) is 0.271. The first-order valence-electron chi connectivity index (χ1n) is 6.69. The summed E-state index contributed by atoms with van der Waals surface area (Å²) in [6, 6.07) is 5.92. The van der Waals surface area contributed by atoms with E-state index < -0.39 is 23.4 Å². The summed E-state index contributed by atoms with van der Waals surface area (Å²) in [5.74, 6) is -0.341. The second-order valence-electron chi connectivity index (χ2n) is 5.06. The van der Waals surface area contributed by atoms with E-state index >= 15 is 0 Å². The van der Waals surface area contributed by atoms with Gasteiger partial charge in [-0.25, -0.2) is 9.59 Å². The number of hydrogen-bond donors (Lipinski definition) is 4. The molecule has 0 aromatic heterocycles. The fraction of sp³-hybridized carbons (Fsp3) is 0.357. The van der Waals surface area contributed by atoms with Gasteiger partial charge in [-0.15, -0.1) is 0 Å². The summed E-state index contributed by atoms with van der Waals surface area (Å²) in [7, 11) is 0. The third-order valence-electron chi connectivity index (χ3n) is 3.47. The standard InChI is InChI=1S/C14H17N3O4S/c15-13(21)16-7-9-1-3-10(4-2-9)11(18)17-14(12(19)20)5-6-22-8-14/h1-4H,5-8H2,(H,17,18)(H,19,20)(H3,15,16,21)/t14-/m0/s1. The van der Waals surface area contributed by atoms with Crippen molar-refractivity contribution >= 4 is 29.7 Å². The zero-order valence-corrected chi connectivity index (χ0v) is 12.6. The van der Waals surface area contributed by atoms with Crippen LogP contribution in [0.4, 0.5) is 4.79 Å². The molecule has 0 unspecified atom stereocenters. The van der Waals surface area contributed by atoms with Crippen molar-refractivity contribution in [3.05, 3.63) is 35.4 Å². The Labute approximate surface area is 131 Å². The predicted octanol–water partition coefficient (Wildman–Crippen LogP) is 0.545. The number of hydrogen-bond acceptors (Lipinski definition) is 4. The molecule has 1 atom stereocenters. The zero-order valence-electron chi connectivity index (χ0n) is 11.8. The van der Waals surface area contributed by atoms with E-state index in [0.717, 1.165) is 5.56 Å².